The van der Waals surface area contributed by atoms with Crippen molar-refractivity contribution in [2.45, 2.75) is 38.1 Å². The molecular weight excluding hydrogens is 375 g/mol. The minimum Gasteiger partial charge on any atom is -0.395 e. The molecule has 1 unspecified atom stereocenters. The zero-order chi connectivity index (χ0) is 20.6. The van der Waals surface area contributed by atoms with Gasteiger partial charge < -0.3 is 19.9 Å². The fourth-order valence-electron chi connectivity index (χ4n) is 4.60. The van der Waals surface area contributed by atoms with Gasteiger partial charge in [0.2, 0.25) is 5.91 Å². The highest BCUT2D eigenvalue weighted by Gasteiger charge is 2.53. The summed E-state index contributed by atoms with van der Waals surface area (Å²) in [5.41, 5.74) is 0.753. The SMILES string of the molecule is Cc1[nH]c(-c2ccc(F)cc2)nc1C(=O)N1CCCC12CCCN(CCO)C2=O. The van der Waals surface area contributed by atoms with Gasteiger partial charge in [-0.2, -0.15) is 0 Å². The number of hydrogen-bond acceptors (Lipinski definition) is 4. The number of aryl methyl sites for hydroxylation is 1. The van der Waals surface area contributed by atoms with Crippen LogP contribution in [0.15, 0.2) is 24.3 Å². The van der Waals surface area contributed by atoms with E-state index in [4.69, 9.17) is 0 Å². The second kappa shape index (κ2) is 7.59. The number of hydrogen-bond donors (Lipinski definition) is 2. The van der Waals surface area contributed by atoms with E-state index in [2.05, 4.69) is 9.97 Å². The Bertz CT molecular complexity index is 925. The first-order valence-electron chi connectivity index (χ1n) is 10.0. The van der Waals surface area contributed by atoms with E-state index in [1.807, 2.05) is 0 Å². The van der Waals surface area contributed by atoms with Crippen LogP contribution in [0.4, 0.5) is 4.39 Å². The lowest BCUT2D eigenvalue weighted by Crippen LogP contribution is -2.61. The Hall–Kier alpha value is -2.74. The van der Waals surface area contributed by atoms with E-state index >= 15 is 0 Å². The summed E-state index contributed by atoms with van der Waals surface area (Å²) in [6, 6.07) is 5.91. The second-order valence-electron chi connectivity index (χ2n) is 7.78. The number of likely N-dealkylation sites (tertiary alicyclic amines) is 2. The Morgan fingerprint density at radius 2 is 1.93 bits per heavy atom. The van der Waals surface area contributed by atoms with E-state index in [1.165, 1.54) is 12.1 Å². The van der Waals surface area contributed by atoms with Crippen molar-refractivity contribution in [3.8, 4) is 11.4 Å². The summed E-state index contributed by atoms with van der Waals surface area (Å²) >= 11 is 0. The predicted molar refractivity (Wildman–Crippen MR) is 105 cm³/mol. The third kappa shape index (κ3) is 3.31. The van der Waals surface area contributed by atoms with E-state index in [1.54, 1.807) is 28.9 Å². The van der Waals surface area contributed by atoms with Crippen molar-refractivity contribution in [2.75, 3.05) is 26.2 Å². The van der Waals surface area contributed by atoms with Crippen LogP contribution in [0.1, 0.15) is 41.9 Å². The molecular formula is C21H25FN4O3. The summed E-state index contributed by atoms with van der Waals surface area (Å²) < 4.78 is 13.2. The number of imidazole rings is 1. The summed E-state index contributed by atoms with van der Waals surface area (Å²) in [6.45, 7) is 3.10. The number of rotatable bonds is 4. The number of nitrogens with zero attached hydrogens (tertiary/aromatic N) is 3. The standard InChI is InChI=1S/C21H25FN4O3/c1-14-17(24-18(23-14)15-4-6-16(22)7-5-15)19(28)26-11-3-9-21(26)8-2-10-25(12-13-27)20(21)29/h4-7,27H,2-3,8-13H2,1H3,(H,23,24). The average Bonchev–Trinajstić information content (AvgIpc) is 3.30. The molecule has 0 radical (unpaired) electrons. The van der Waals surface area contributed by atoms with Gasteiger partial charge in [-0.15, -0.1) is 0 Å². The van der Waals surface area contributed by atoms with Crippen LogP contribution in [0.25, 0.3) is 11.4 Å². The molecule has 29 heavy (non-hydrogen) atoms. The van der Waals surface area contributed by atoms with Crippen LogP contribution in [0.2, 0.25) is 0 Å². The number of aliphatic hydroxyl groups excluding tert-OH is 1. The number of aromatic nitrogens is 2. The van der Waals surface area contributed by atoms with Gasteiger partial charge in [-0.05, 0) is 56.9 Å². The number of carbonyl (C=O) groups excluding carboxylic acids is 2. The maximum atomic E-state index is 13.4. The number of nitrogens with one attached hydrogen (secondary N) is 1. The van der Waals surface area contributed by atoms with E-state index in [0.29, 0.717) is 49.6 Å². The van der Waals surface area contributed by atoms with Crippen LogP contribution >= 0.6 is 0 Å². The molecule has 154 valence electrons. The van der Waals surface area contributed by atoms with Gasteiger partial charge in [-0.25, -0.2) is 9.37 Å². The molecule has 2 aliphatic heterocycles. The normalized spacial score (nSPS) is 22.0. The highest BCUT2D eigenvalue weighted by atomic mass is 19.1. The maximum absolute atomic E-state index is 13.4. The predicted octanol–water partition coefficient (Wildman–Crippen LogP) is 2.11. The maximum Gasteiger partial charge on any atom is 0.275 e. The Morgan fingerprint density at radius 1 is 1.24 bits per heavy atom. The fourth-order valence-corrected chi connectivity index (χ4v) is 4.60. The summed E-state index contributed by atoms with van der Waals surface area (Å²) in [5, 5.41) is 9.27. The number of aromatic amines is 1. The van der Waals surface area contributed by atoms with Crippen LogP contribution in [0, 0.1) is 12.7 Å². The van der Waals surface area contributed by atoms with Crippen LogP contribution in [0.3, 0.4) is 0 Å². The van der Waals surface area contributed by atoms with E-state index in [0.717, 1.165) is 12.8 Å². The second-order valence-corrected chi connectivity index (χ2v) is 7.78. The fraction of sp³-hybridized carbons (Fsp3) is 0.476. The summed E-state index contributed by atoms with van der Waals surface area (Å²) in [7, 11) is 0. The highest BCUT2D eigenvalue weighted by Crippen LogP contribution is 2.39. The highest BCUT2D eigenvalue weighted by molar-refractivity contribution is 6.00. The van der Waals surface area contributed by atoms with Crippen molar-refractivity contribution in [3.05, 3.63) is 41.5 Å². The lowest BCUT2D eigenvalue weighted by Gasteiger charge is -2.44. The largest absolute Gasteiger partial charge is 0.395 e. The molecule has 1 spiro atoms. The first-order valence-corrected chi connectivity index (χ1v) is 10.0. The zero-order valence-electron chi connectivity index (χ0n) is 16.4. The summed E-state index contributed by atoms with van der Waals surface area (Å²) in [6.07, 6.45) is 2.83. The molecule has 7 nitrogen and oxygen atoms in total. The Balaban J connectivity index is 1.64. The molecule has 2 amide bonds. The molecule has 0 saturated carbocycles. The molecule has 2 N–H and O–H groups in total. The van der Waals surface area contributed by atoms with E-state index < -0.39 is 5.54 Å². The van der Waals surface area contributed by atoms with Crippen molar-refractivity contribution in [1.29, 1.82) is 0 Å². The van der Waals surface area contributed by atoms with Gasteiger partial charge in [-0.3, -0.25) is 9.59 Å². The molecule has 2 aliphatic rings. The Morgan fingerprint density at radius 3 is 2.62 bits per heavy atom. The summed E-state index contributed by atoms with van der Waals surface area (Å²) in [4.78, 5) is 37.5. The molecule has 1 aromatic carbocycles. The van der Waals surface area contributed by atoms with Crippen molar-refractivity contribution >= 4 is 11.8 Å². The number of halogens is 1. The molecule has 0 bridgehead atoms. The van der Waals surface area contributed by atoms with E-state index in [-0.39, 0.29) is 29.9 Å². The molecule has 4 rings (SSSR count). The molecule has 1 aromatic heterocycles. The summed E-state index contributed by atoms with van der Waals surface area (Å²) in [5.74, 6) is -0.175. The molecule has 8 heteroatoms. The number of benzene rings is 1. The van der Waals surface area contributed by atoms with Crippen LogP contribution in [0.5, 0.6) is 0 Å². The van der Waals surface area contributed by atoms with Gasteiger partial charge in [0.05, 0.1) is 6.61 Å². The van der Waals surface area contributed by atoms with Gasteiger partial charge in [0, 0.05) is 30.9 Å². The van der Waals surface area contributed by atoms with Crippen molar-refractivity contribution in [3.63, 3.8) is 0 Å². The number of amides is 2. The minimum atomic E-state index is -0.841. The minimum absolute atomic E-state index is 0.0735. The van der Waals surface area contributed by atoms with Crippen molar-refractivity contribution < 1.29 is 19.1 Å². The van der Waals surface area contributed by atoms with Crippen LogP contribution < -0.4 is 0 Å². The first-order chi connectivity index (χ1) is 14.0. The van der Waals surface area contributed by atoms with Crippen molar-refractivity contribution in [2.24, 2.45) is 0 Å². The van der Waals surface area contributed by atoms with Gasteiger partial charge in [-0.1, -0.05) is 0 Å². The van der Waals surface area contributed by atoms with Gasteiger partial charge >= 0.3 is 0 Å². The Kier molecular flexibility index (Phi) is 5.12. The van der Waals surface area contributed by atoms with E-state index in [9.17, 15) is 19.1 Å². The Labute approximate surface area is 168 Å². The number of β-amino-alcohol motifs (C(OH)–C–C–N with tert-alkyl or cyclic N) is 1. The van der Waals surface area contributed by atoms with Gasteiger partial charge in [0.15, 0.2) is 0 Å². The molecule has 2 saturated heterocycles. The molecule has 2 aromatic rings. The molecule has 2 fully saturated rings. The molecule has 0 aliphatic carbocycles. The number of piperidine rings is 1. The quantitative estimate of drug-likeness (QED) is 0.823. The molecule has 1 atom stereocenters. The van der Waals surface area contributed by atoms with Gasteiger partial charge in [0.1, 0.15) is 22.9 Å². The monoisotopic (exact) mass is 400 g/mol. The lowest BCUT2D eigenvalue weighted by molar-refractivity contribution is -0.146. The number of aliphatic hydroxyl groups is 1. The van der Waals surface area contributed by atoms with Gasteiger partial charge in [0.25, 0.3) is 5.91 Å². The smallest absolute Gasteiger partial charge is 0.275 e. The lowest BCUT2D eigenvalue weighted by atomic mass is 9.85. The molecule has 3 heterocycles. The van der Waals surface area contributed by atoms with Crippen LogP contribution in [-0.4, -0.2) is 68.5 Å². The number of carbonyl (C=O) groups is 2. The first kappa shape index (κ1) is 19.6. The third-order valence-corrected chi connectivity index (χ3v) is 6.01. The van der Waals surface area contributed by atoms with Crippen LogP contribution in [-0.2, 0) is 4.79 Å². The third-order valence-electron chi connectivity index (χ3n) is 6.01. The average molecular weight is 400 g/mol. The topological polar surface area (TPSA) is 89.5 Å². The van der Waals surface area contributed by atoms with Crippen molar-refractivity contribution in [1.82, 2.24) is 19.8 Å². The zero-order valence-corrected chi connectivity index (χ0v) is 16.4. The number of H-pyrrole nitrogens is 1.